The predicted octanol–water partition coefficient (Wildman–Crippen LogP) is 0.303. The Bertz CT molecular complexity index is 470. The van der Waals surface area contributed by atoms with Crippen LogP contribution in [0, 0.1) is 0 Å². The van der Waals surface area contributed by atoms with Crippen molar-refractivity contribution in [2.75, 3.05) is 11.6 Å². The number of rotatable bonds is 3. The first-order valence-electron chi connectivity index (χ1n) is 3.59. The van der Waals surface area contributed by atoms with Crippen molar-refractivity contribution < 1.29 is 9.42 Å². The highest BCUT2D eigenvalue weighted by Crippen LogP contribution is 2.19. The number of carbonyl (C=O) groups is 1. The summed E-state index contributed by atoms with van der Waals surface area (Å²) in [6.45, 7) is 0. The lowest BCUT2D eigenvalue weighted by Gasteiger charge is -1.98. The van der Waals surface area contributed by atoms with Gasteiger partial charge in [0, 0.05) is 0 Å². The lowest BCUT2D eigenvalue weighted by atomic mass is 10.5. The molecule has 0 fully saturated rings. The van der Waals surface area contributed by atoms with Gasteiger partial charge in [0.2, 0.25) is 12.1 Å². The second kappa shape index (κ2) is 3.58. The van der Waals surface area contributed by atoms with E-state index in [1.165, 1.54) is 11.8 Å². The lowest BCUT2D eigenvalue weighted by Crippen LogP contribution is -2.00. The Balaban J connectivity index is 2.63. The summed E-state index contributed by atoms with van der Waals surface area (Å²) in [5.41, 5.74) is 0.670. The molecule has 7 nitrogen and oxygen atoms in total. The smallest absolute Gasteiger partial charge is 0.230 e. The third kappa shape index (κ3) is 1.39. The van der Waals surface area contributed by atoms with E-state index in [9.17, 15) is 4.79 Å². The van der Waals surface area contributed by atoms with Crippen molar-refractivity contribution in [2.24, 2.45) is 0 Å². The monoisotopic (exact) mass is 211 g/mol. The van der Waals surface area contributed by atoms with Gasteiger partial charge >= 0.3 is 0 Å². The third-order valence-electron chi connectivity index (χ3n) is 1.48. The Morgan fingerprint density at radius 3 is 3.00 bits per heavy atom. The quantitative estimate of drug-likeness (QED) is 0.443. The standard InChI is InChI=1S/C6H5N5O2S/c1-14-6-8-4(7-2-12)3-5(9-6)11-13-10-3/h2H,1H3,(H,7,8,9,11,12). The highest BCUT2D eigenvalue weighted by atomic mass is 32.2. The predicted molar refractivity (Wildman–Crippen MR) is 48.9 cm³/mol. The van der Waals surface area contributed by atoms with Crippen LogP contribution in [0.1, 0.15) is 0 Å². The van der Waals surface area contributed by atoms with Crippen LogP contribution in [0.25, 0.3) is 11.2 Å². The summed E-state index contributed by atoms with van der Waals surface area (Å²) in [4.78, 5) is 18.3. The number of carbonyl (C=O) groups excluding carboxylic acids is 1. The van der Waals surface area contributed by atoms with Gasteiger partial charge in [-0.1, -0.05) is 11.8 Å². The molecule has 0 spiro atoms. The molecule has 0 aliphatic rings. The Kier molecular flexibility index (Phi) is 2.27. The van der Waals surface area contributed by atoms with Gasteiger partial charge in [0.15, 0.2) is 16.5 Å². The van der Waals surface area contributed by atoms with Gasteiger partial charge in [0.05, 0.1) is 0 Å². The summed E-state index contributed by atoms with van der Waals surface area (Å²) >= 11 is 1.34. The zero-order valence-corrected chi connectivity index (χ0v) is 7.91. The minimum atomic E-state index is 0.301. The number of hydrogen-bond acceptors (Lipinski definition) is 7. The molecular weight excluding hydrogens is 206 g/mol. The molecule has 1 N–H and O–H groups in total. The number of fused-ring (bicyclic) bond motifs is 1. The first-order valence-corrected chi connectivity index (χ1v) is 4.82. The van der Waals surface area contributed by atoms with Gasteiger partial charge in [-0.2, -0.15) is 4.98 Å². The van der Waals surface area contributed by atoms with Crippen molar-refractivity contribution >= 4 is 35.2 Å². The van der Waals surface area contributed by atoms with E-state index in [2.05, 4.69) is 30.2 Å². The fourth-order valence-corrected chi connectivity index (χ4v) is 1.28. The van der Waals surface area contributed by atoms with Crippen molar-refractivity contribution in [3.8, 4) is 0 Å². The molecule has 2 heterocycles. The number of amides is 1. The van der Waals surface area contributed by atoms with Crippen molar-refractivity contribution in [1.29, 1.82) is 0 Å². The second-order valence-corrected chi connectivity index (χ2v) is 3.03. The normalized spacial score (nSPS) is 10.4. The molecule has 14 heavy (non-hydrogen) atoms. The number of anilines is 1. The zero-order chi connectivity index (χ0) is 9.97. The average molecular weight is 211 g/mol. The second-order valence-electron chi connectivity index (χ2n) is 2.26. The first kappa shape index (κ1) is 8.88. The molecule has 0 atom stereocenters. The van der Waals surface area contributed by atoms with Crippen LogP contribution >= 0.6 is 11.8 Å². The zero-order valence-electron chi connectivity index (χ0n) is 7.09. The van der Waals surface area contributed by atoms with E-state index in [1.54, 1.807) is 0 Å². The molecule has 0 radical (unpaired) electrons. The summed E-state index contributed by atoms with van der Waals surface area (Å²) < 4.78 is 4.48. The number of nitrogens with one attached hydrogen (secondary N) is 1. The molecule has 0 aliphatic heterocycles. The van der Waals surface area contributed by atoms with Crippen LogP contribution in [0.15, 0.2) is 9.79 Å². The molecule has 0 saturated heterocycles. The van der Waals surface area contributed by atoms with Crippen molar-refractivity contribution in [1.82, 2.24) is 20.3 Å². The van der Waals surface area contributed by atoms with Gasteiger partial charge in [0.1, 0.15) is 0 Å². The highest BCUT2D eigenvalue weighted by Gasteiger charge is 2.11. The highest BCUT2D eigenvalue weighted by molar-refractivity contribution is 7.98. The van der Waals surface area contributed by atoms with Crippen LogP contribution in [-0.4, -0.2) is 32.9 Å². The van der Waals surface area contributed by atoms with Crippen molar-refractivity contribution in [3.05, 3.63) is 0 Å². The summed E-state index contributed by atoms with van der Waals surface area (Å²) in [7, 11) is 0. The largest absolute Gasteiger partial charge is 0.311 e. The summed E-state index contributed by atoms with van der Waals surface area (Å²) in [5, 5.41) is 10.0. The maximum absolute atomic E-state index is 10.3. The number of nitrogens with zero attached hydrogens (tertiary/aromatic N) is 4. The Hall–Kier alpha value is -1.70. The topological polar surface area (TPSA) is 93.8 Å². The van der Waals surface area contributed by atoms with Gasteiger partial charge in [-0.15, -0.1) is 0 Å². The molecular formula is C6H5N5O2S. The molecule has 0 saturated carbocycles. The average Bonchev–Trinajstić information content (AvgIpc) is 2.66. The van der Waals surface area contributed by atoms with E-state index in [0.717, 1.165) is 0 Å². The molecule has 0 bridgehead atoms. The number of aromatic nitrogens is 4. The molecule has 2 rings (SSSR count). The van der Waals surface area contributed by atoms with Gasteiger partial charge in [0.25, 0.3) is 0 Å². The molecule has 0 aromatic carbocycles. The Morgan fingerprint density at radius 1 is 1.43 bits per heavy atom. The SMILES string of the molecule is CSc1nc(NC=O)c2nonc2n1. The Labute approximate surface area is 82.3 Å². The lowest BCUT2D eigenvalue weighted by molar-refractivity contribution is -0.105. The minimum Gasteiger partial charge on any atom is -0.311 e. The van der Waals surface area contributed by atoms with Crippen molar-refractivity contribution in [3.63, 3.8) is 0 Å². The third-order valence-corrected chi connectivity index (χ3v) is 2.03. The molecule has 72 valence electrons. The van der Waals surface area contributed by atoms with Crippen LogP contribution in [0.3, 0.4) is 0 Å². The first-order chi connectivity index (χ1) is 6.85. The van der Waals surface area contributed by atoms with Crippen LogP contribution in [0.2, 0.25) is 0 Å². The van der Waals surface area contributed by atoms with Gasteiger partial charge in [-0.3, -0.25) is 4.79 Å². The minimum absolute atomic E-state index is 0.301. The van der Waals surface area contributed by atoms with E-state index >= 15 is 0 Å². The van der Waals surface area contributed by atoms with E-state index < -0.39 is 0 Å². The fourth-order valence-electron chi connectivity index (χ4n) is 0.918. The van der Waals surface area contributed by atoms with E-state index in [0.29, 0.717) is 28.5 Å². The molecule has 8 heteroatoms. The number of hydrogen-bond donors (Lipinski definition) is 1. The van der Waals surface area contributed by atoms with Crippen LogP contribution in [0.4, 0.5) is 5.82 Å². The van der Waals surface area contributed by atoms with Gasteiger partial charge in [-0.25, -0.2) is 9.61 Å². The van der Waals surface area contributed by atoms with Crippen LogP contribution in [0.5, 0.6) is 0 Å². The molecule has 0 aliphatic carbocycles. The number of thioether (sulfide) groups is 1. The summed E-state index contributed by atoms with van der Waals surface area (Å²) in [6, 6.07) is 0. The molecule has 2 aromatic rings. The summed E-state index contributed by atoms with van der Waals surface area (Å²) in [6.07, 6.45) is 2.33. The van der Waals surface area contributed by atoms with Crippen molar-refractivity contribution in [2.45, 2.75) is 5.16 Å². The maximum atomic E-state index is 10.3. The van der Waals surface area contributed by atoms with E-state index in [1.807, 2.05) is 6.26 Å². The molecule has 0 unspecified atom stereocenters. The van der Waals surface area contributed by atoms with E-state index in [-0.39, 0.29) is 0 Å². The molecule has 1 amide bonds. The van der Waals surface area contributed by atoms with Gasteiger partial charge < -0.3 is 5.32 Å². The molecule has 2 aromatic heterocycles. The van der Waals surface area contributed by atoms with Crippen LogP contribution in [-0.2, 0) is 4.79 Å². The Morgan fingerprint density at radius 2 is 2.29 bits per heavy atom. The fraction of sp³-hybridized carbons (Fsp3) is 0.167. The van der Waals surface area contributed by atoms with Gasteiger partial charge in [-0.05, 0) is 16.6 Å². The summed E-state index contributed by atoms with van der Waals surface area (Å²) in [5.74, 6) is 0.301. The maximum Gasteiger partial charge on any atom is 0.230 e. The van der Waals surface area contributed by atoms with Crippen LogP contribution < -0.4 is 5.32 Å². The van der Waals surface area contributed by atoms with E-state index in [4.69, 9.17) is 0 Å².